The normalized spacial score (nSPS) is 15.5. The lowest BCUT2D eigenvalue weighted by molar-refractivity contribution is -0.121. The Balaban J connectivity index is 4.33. The van der Waals surface area contributed by atoms with E-state index < -0.39 is 0 Å². The fraction of sp³-hybridized carbons (Fsp3) is 0.909. The number of hydrogen-bond donors (Lipinski definition) is 2. The topological polar surface area (TPSA) is 58.4 Å². The van der Waals surface area contributed by atoms with Gasteiger partial charge in [-0.05, 0) is 19.9 Å². The van der Waals surface area contributed by atoms with Crippen LogP contribution in [0.3, 0.4) is 0 Å². The molecule has 0 heterocycles. The molecule has 0 bridgehead atoms. The minimum atomic E-state index is 0.0493. The minimum absolute atomic E-state index is 0.0493. The second kappa shape index (κ2) is 6.80. The summed E-state index contributed by atoms with van der Waals surface area (Å²) >= 11 is 0. The molecular formula is C11H25N3O. The molecule has 0 fully saturated rings. The molecule has 2 atom stereocenters. The zero-order valence-electron chi connectivity index (χ0n) is 10.6. The summed E-state index contributed by atoms with van der Waals surface area (Å²) in [5.41, 5.74) is 5.69. The molecule has 15 heavy (non-hydrogen) atoms. The highest BCUT2D eigenvalue weighted by molar-refractivity contribution is 5.76. The van der Waals surface area contributed by atoms with Crippen LogP contribution < -0.4 is 11.1 Å². The quantitative estimate of drug-likeness (QED) is 0.675. The Hall–Kier alpha value is -0.610. The highest BCUT2D eigenvalue weighted by Crippen LogP contribution is 2.12. The van der Waals surface area contributed by atoms with Crippen molar-refractivity contribution in [1.29, 1.82) is 0 Å². The van der Waals surface area contributed by atoms with Crippen LogP contribution in [0.1, 0.15) is 27.2 Å². The average molecular weight is 215 g/mol. The van der Waals surface area contributed by atoms with Crippen molar-refractivity contribution in [3.8, 4) is 0 Å². The van der Waals surface area contributed by atoms with E-state index >= 15 is 0 Å². The zero-order valence-corrected chi connectivity index (χ0v) is 10.6. The lowest BCUT2D eigenvalue weighted by Crippen LogP contribution is -2.47. The van der Waals surface area contributed by atoms with E-state index in [4.69, 9.17) is 5.73 Å². The molecule has 0 radical (unpaired) electrons. The van der Waals surface area contributed by atoms with Gasteiger partial charge in [0.25, 0.3) is 0 Å². The van der Waals surface area contributed by atoms with Crippen LogP contribution in [0.5, 0.6) is 0 Å². The molecule has 0 saturated carbocycles. The molecule has 3 N–H and O–H groups in total. The predicted molar refractivity (Wildman–Crippen MR) is 63.6 cm³/mol. The van der Waals surface area contributed by atoms with Crippen molar-refractivity contribution in [3.05, 3.63) is 0 Å². The lowest BCUT2D eigenvalue weighted by atomic mass is 10.0. The van der Waals surface area contributed by atoms with E-state index in [1.165, 1.54) is 0 Å². The lowest BCUT2D eigenvalue weighted by Gasteiger charge is -2.34. The maximum atomic E-state index is 11.3. The van der Waals surface area contributed by atoms with Crippen LogP contribution >= 0.6 is 0 Å². The number of nitrogens with one attached hydrogen (secondary N) is 1. The smallest absolute Gasteiger partial charge is 0.221 e. The van der Waals surface area contributed by atoms with Gasteiger partial charge in [0.2, 0.25) is 5.91 Å². The zero-order chi connectivity index (χ0) is 12.0. The van der Waals surface area contributed by atoms with Crippen LogP contribution in [-0.4, -0.2) is 43.5 Å². The summed E-state index contributed by atoms with van der Waals surface area (Å²) in [7, 11) is 3.69. The highest BCUT2D eigenvalue weighted by Gasteiger charge is 2.22. The van der Waals surface area contributed by atoms with Gasteiger partial charge in [0.05, 0.1) is 0 Å². The average Bonchev–Trinajstić information content (AvgIpc) is 2.23. The van der Waals surface area contributed by atoms with Crippen molar-refractivity contribution in [2.24, 2.45) is 11.7 Å². The van der Waals surface area contributed by atoms with E-state index in [0.29, 0.717) is 24.9 Å². The van der Waals surface area contributed by atoms with Crippen molar-refractivity contribution in [1.82, 2.24) is 10.2 Å². The van der Waals surface area contributed by atoms with E-state index in [0.717, 1.165) is 0 Å². The second-order valence-corrected chi connectivity index (χ2v) is 4.42. The van der Waals surface area contributed by atoms with Crippen LogP contribution in [0.15, 0.2) is 0 Å². The Bertz CT molecular complexity index is 194. The van der Waals surface area contributed by atoms with Gasteiger partial charge < -0.3 is 11.1 Å². The molecule has 0 aromatic carbocycles. The molecule has 4 heteroatoms. The van der Waals surface area contributed by atoms with Crippen LogP contribution in [0, 0.1) is 5.92 Å². The van der Waals surface area contributed by atoms with Crippen molar-refractivity contribution in [2.75, 3.05) is 20.6 Å². The van der Waals surface area contributed by atoms with Crippen LogP contribution in [0.2, 0.25) is 0 Å². The molecule has 0 saturated heterocycles. The number of carbonyl (C=O) groups excluding carboxylic acids is 1. The Morgan fingerprint density at radius 2 is 1.93 bits per heavy atom. The largest absolute Gasteiger partial charge is 0.359 e. The first-order valence-electron chi connectivity index (χ1n) is 5.56. The Labute approximate surface area is 93.2 Å². The fourth-order valence-corrected chi connectivity index (χ4v) is 1.51. The van der Waals surface area contributed by atoms with Crippen molar-refractivity contribution >= 4 is 5.91 Å². The molecular weight excluding hydrogens is 190 g/mol. The molecule has 0 aromatic heterocycles. The minimum Gasteiger partial charge on any atom is -0.359 e. The molecule has 0 spiro atoms. The summed E-state index contributed by atoms with van der Waals surface area (Å²) in [5, 5.41) is 2.63. The number of amides is 1. The summed E-state index contributed by atoms with van der Waals surface area (Å²) in [6.07, 6.45) is 0.473. The number of nitrogens with zero attached hydrogens (tertiary/aromatic N) is 1. The van der Waals surface area contributed by atoms with Crippen LogP contribution in [0.25, 0.3) is 0 Å². The third-order valence-electron chi connectivity index (χ3n) is 3.16. The summed E-state index contributed by atoms with van der Waals surface area (Å²) in [5.74, 6) is 0.613. The van der Waals surface area contributed by atoms with E-state index in [1.54, 1.807) is 7.05 Å². The summed E-state index contributed by atoms with van der Waals surface area (Å²) < 4.78 is 0. The third kappa shape index (κ3) is 4.62. The van der Waals surface area contributed by atoms with Gasteiger partial charge in [0.15, 0.2) is 0 Å². The van der Waals surface area contributed by atoms with Crippen LogP contribution in [0.4, 0.5) is 0 Å². The first-order valence-corrected chi connectivity index (χ1v) is 5.56. The standard InChI is InChI=1S/C11H25N3O/c1-8(2)9(3)14(5)10(7-12)6-11(15)13-4/h8-10H,6-7,12H2,1-5H3,(H,13,15). The third-order valence-corrected chi connectivity index (χ3v) is 3.16. The molecule has 0 aromatic rings. The van der Waals surface area contributed by atoms with Gasteiger partial charge in [0, 0.05) is 32.1 Å². The maximum absolute atomic E-state index is 11.3. The van der Waals surface area contributed by atoms with Crippen LogP contribution in [-0.2, 0) is 4.79 Å². The van der Waals surface area contributed by atoms with Crippen molar-refractivity contribution < 1.29 is 4.79 Å². The van der Waals surface area contributed by atoms with Gasteiger partial charge in [-0.1, -0.05) is 13.8 Å². The van der Waals surface area contributed by atoms with Crippen molar-refractivity contribution in [3.63, 3.8) is 0 Å². The molecule has 1 amide bonds. The van der Waals surface area contributed by atoms with E-state index in [9.17, 15) is 4.79 Å². The van der Waals surface area contributed by atoms with E-state index in [1.807, 2.05) is 7.05 Å². The molecule has 0 aliphatic carbocycles. The number of carbonyl (C=O) groups is 1. The maximum Gasteiger partial charge on any atom is 0.221 e. The Morgan fingerprint density at radius 1 is 1.40 bits per heavy atom. The first-order chi connectivity index (χ1) is 6.93. The van der Waals surface area contributed by atoms with E-state index in [2.05, 4.69) is 31.0 Å². The van der Waals surface area contributed by atoms with Gasteiger partial charge in [-0.2, -0.15) is 0 Å². The van der Waals surface area contributed by atoms with Gasteiger partial charge in [-0.15, -0.1) is 0 Å². The van der Waals surface area contributed by atoms with Gasteiger partial charge in [-0.25, -0.2) is 0 Å². The SMILES string of the molecule is CNC(=O)CC(CN)N(C)C(C)C(C)C. The number of likely N-dealkylation sites (N-methyl/N-ethyl adjacent to an activating group) is 1. The number of rotatable bonds is 6. The number of hydrogen-bond acceptors (Lipinski definition) is 3. The summed E-state index contributed by atoms with van der Waals surface area (Å²) in [6.45, 7) is 7.03. The fourth-order valence-electron chi connectivity index (χ4n) is 1.51. The Kier molecular flexibility index (Phi) is 6.52. The van der Waals surface area contributed by atoms with Gasteiger partial charge in [-0.3, -0.25) is 9.69 Å². The Morgan fingerprint density at radius 3 is 2.27 bits per heavy atom. The molecule has 0 rings (SSSR count). The molecule has 2 unspecified atom stereocenters. The van der Waals surface area contributed by atoms with Gasteiger partial charge >= 0.3 is 0 Å². The summed E-state index contributed by atoms with van der Waals surface area (Å²) in [4.78, 5) is 13.5. The highest BCUT2D eigenvalue weighted by atomic mass is 16.1. The van der Waals surface area contributed by atoms with Gasteiger partial charge in [0.1, 0.15) is 0 Å². The second-order valence-electron chi connectivity index (χ2n) is 4.42. The molecule has 4 nitrogen and oxygen atoms in total. The summed E-state index contributed by atoms with van der Waals surface area (Å²) in [6, 6.07) is 0.561. The number of nitrogens with two attached hydrogens (primary N) is 1. The monoisotopic (exact) mass is 215 g/mol. The molecule has 0 aliphatic heterocycles. The van der Waals surface area contributed by atoms with Crippen molar-refractivity contribution in [2.45, 2.75) is 39.3 Å². The first kappa shape index (κ1) is 14.4. The molecule has 90 valence electrons. The molecule has 0 aliphatic rings. The predicted octanol–water partition coefficient (Wildman–Crippen LogP) is 0.426. The van der Waals surface area contributed by atoms with E-state index in [-0.39, 0.29) is 11.9 Å².